The quantitative estimate of drug-likeness (QED) is 0.264. The standard InChI is InChI=1S/C32H23ClFN7O3S/c33-23-7-2-1-5-20(23)21-6-3-8-24(28(21)34)38-31(44)32-40(15-16-45-32)27(42)18-41-25-11-9-19(10-12-26-36-13-4-14-37-26)17-22(25)29(39-41)30(35)43/h1-9,11,13-14,17,32H,15-16,18H2,(H2,35,43)(H,38,44). The molecule has 3 aromatic carbocycles. The molecule has 0 aliphatic carbocycles. The maximum Gasteiger partial charge on any atom is 0.269 e. The Bertz CT molecular complexity index is 2030. The molecule has 1 saturated heterocycles. The summed E-state index contributed by atoms with van der Waals surface area (Å²) < 4.78 is 16.9. The molecular formula is C32H23ClFN7O3S. The number of nitrogens with zero attached hydrogens (tertiary/aromatic N) is 5. The molecule has 1 fully saturated rings. The van der Waals surface area contributed by atoms with Gasteiger partial charge in [-0.2, -0.15) is 5.10 Å². The van der Waals surface area contributed by atoms with Crippen molar-refractivity contribution in [2.75, 3.05) is 17.6 Å². The molecule has 2 aromatic heterocycles. The third-order valence-electron chi connectivity index (χ3n) is 7.01. The highest BCUT2D eigenvalue weighted by atomic mass is 35.5. The summed E-state index contributed by atoms with van der Waals surface area (Å²) in [6.45, 7) is 0.0419. The van der Waals surface area contributed by atoms with Gasteiger partial charge in [0.25, 0.3) is 11.8 Å². The van der Waals surface area contributed by atoms with E-state index in [2.05, 4.69) is 32.2 Å². The lowest BCUT2D eigenvalue weighted by Crippen LogP contribution is -2.43. The van der Waals surface area contributed by atoms with Crippen molar-refractivity contribution < 1.29 is 18.8 Å². The molecule has 6 rings (SSSR count). The van der Waals surface area contributed by atoms with Crippen molar-refractivity contribution in [3.8, 4) is 23.0 Å². The fraction of sp³-hybridized carbons (Fsp3) is 0.125. The van der Waals surface area contributed by atoms with Crippen LogP contribution in [0.15, 0.2) is 79.1 Å². The number of primary amides is 1. The third kappa shape index (κ3) is 6.22. The van der Waals surface area contributed by atoms with E-state index in [1.807, 2.05) is 0 Å². The topological polar surface area (TPSA) is 136 Å². The molecule has 1 unspecified atom stereocenters. The second kappa shape index (κ2) is 12.8. The number of benzene rings is 3. The number of hydrogen-bond acceptors (Lipinski definition) is 7. The largest absolute Gasteiger partial charge is 0.364 e. The molecule has 3 amide bonds. The van der Waals surface area contributed by atoms with Gasteiger partial charge >= 0.3 is 0 Å². The molecule has 0 saturated carbocycles. The van der Waals surface area contributed by atoms with Crippen molar-refractivity contribution >= 4 is 57.7 Å². The molecule has 0 spiro atoms. The molecule has 5 aromatic rings. The first-order valence-corrected chi connectivity index (χ1v) is 15.1. The average molecular weight is 640 g/mol. The van der Waals surface area contributed by atoms with Gasteiger partial charge in [-0.25, -0.2) is 14.4 Å². The van der Waals surface area contributed by atoms with Gasteiger partial charge in [-0.3, -0.25) is 19.1 Å². The van der Waals surface area contributed by atoms with Crippen LogP contribution in [0.2, 0.25) is 5.02 Å². The van der Waals surface area contributed by atoms with Crippen LogP contribution in [0.4, 0.5) is 10.1 Å². The fourth-order valence-electron chi connectivity index (χ4n) is 4.92. The molecule has 1 aliphatic rings. The number of fused-ring (bicyclic) bond motifs is 1. The molecule has 1 atom stereocenters. The van der Waals surface area contributed by atoms with E-state index in [9.17, 15) is 14.4 Å². The summed E-state index contributed by atoms with van der Waals surface area (Å²) in [6.07, 6.45) is 3.16. The molecule has 0 bridgehead atoms. The first-order chi connectivity index (χ1) is 21.8. The van der Waals surface area contributed by atoms with E-state index in [1.54, 1.807) is 73.1 Å². The van der Waals surface area contributed by atoms with Crippen LogP contribution >= 0.6 is 23.4 Å². The predicted octanol–water partition coefficient (Wildman–Crippen LogP) is 4.32. The minimum Gasteiger partial charge on any atom is -0.364 e. The lowest BCUT2D eigenvalue weighted by atomic mass is 10.0. The van der Waals surface area contributed by atoms with E-state index >= 15 is 4.39 Å². The molecule has 45 heavy (non-hydrogen) atoms. The van der Waals surface area contributed by atoms with Crippen molar-refractivity contribution in [2.45, 2.75) is 11.9 Å². The lowest BCUT2D eigenvalue weighted by molar-refractivity contribution is -0.135. The first-order valence-electron chi connectivity index (χ1n) is 13.6. The normalized spacial score (nSPS) is 14.2. The number of amides is 3. The first kappa shape index (κ1) is 29.8. The minimum atomic E-state index is -0.902. The summed E-state index contributed by atoms with van der Waals surface area (Å²) in [4.78, 5) is 48.6. The summed E-state index contributed by atoms with van der Waals surface area (Å²) in [5.74, 6) is 4.30. The van der Waals surface area contributed by atoms with Crippen LogP contribution in [0.3, 0.4) is 0 Å². The molecule has 3 N–H and O–H groups in total. The van der Waals surface area contributed by atoms with Gasteiger partial charge in [-0.15, -0.1) is 11.8 Å². The van der Waals surface area contributed by atoms with Gasteiger partial charge in [0.1, 0.15) is 6.54 Å². The average Bonchev–Trinajstić information content (AvgIpc) is 3.68. The number of rotatable bonds is 6. The van der Waals surface area contributed by atoms with Crippen LogP contribution in [-0.4, -0.2) is 60.0 Å². The summed E-state index contributed by atoms with van der Waals surface area (Å²) in [5, 5.41) is 6.84. The molecular weight excluding hydrogens is 617 g/mol. The van der Waals surface area contributed by atoms with Crippen molar-refractivity contribution in [2.24, 2.45) is 5.73 Å². The Labute approximate surface area is 265 Å². The van der Waals surface area contributed by atoms with Crippen LogP contribution < -0.4 is 11.1 Å². The Morgan fingerprint density at radius 2 is 1.80 bits per heavy atom. The van der Waals surface area contributed by atoms with E-state index < -0.39 is 28.9 Å². The smallest absolute Gasteiger partial charge is 0.269 e. The van der Waals surface area contributed by atoms with Crippen LogP contribution in [0, 0.1) is 17.7 Å². The highest BCUT2D eigenvalue weighted by molar-refractivity contribution is 8.00. The zero-order valence-corrected chi connectivity index (χ0v) is 25.0. The van der Waals surface area contributed by atoms with Crippen LogP contribution in [-0.2, 0) is 16.1 Å². The fourth-order valence-corrected chi connectivity index (χ4v) is 6.30. The number of nitrogens with one attached hydrogen (secondary N) is 1. The summed E-state index contributed by atoms with van der Waals surface area (Å²) >= 11 is 7.53. The summed E-state index contributed by atoms with van der Waals surface area (Å²) in [5.41, 5.74) is 7.35. The van der Waals surface area contributed by atoms with Crippen LogP contribution in [0.1, 0.15) is 21.9 Å². The van der Waals surface area contributed by atoms with Crippen LogP contribution in [0.5, 0.6) is 0 Å². The molecule has 0 radical (unpaired) electrons. The summed E-state index contributed by atoms with van der Waals surface area (Å²) in [7, 11) is 0. The number of thioether (sulfide) groups is 1. The Hall–Kier alpha value is -5.25. The number of nitrogens with two attached hydrogens (primary N) is 1. The van der Waals surface area contributed by atoms with Gasteiger partial charge in [-0.05, 0) is 42.3 Å². The Balaban J connectivity index is 1.21. The highest BCUT2D eigenvalue weighted by Gasteiger charge is 2.35. The predicted molar refractivity (Wildman–Crippen MR) is 170 cm³/mol. The lowest BCUT2D eigenvalue weighted by Gasteiger charge is -2.23. The van der Waals surface area contributed by atoms with Gasteiger partial charge in [0.05, 0.1) is 11.2 Å². The van der Waals surface area contributed by atoms with E-state index in [0.717, 1.165) is 0 Å². The van der Waals surface area contributed by atoms with Crippen molar-refractivity contribution in [1.29, 1.82) is 0 Å². The zero-order valence-electron chi connectivity index (χ0n) is 23.4. The minimum absolute atomic E-state index is 0.0172. The maximum atomic E-state index is 15.5. The molecule has 10 nitrogen and oxygen atoms in total. The van der Waals surface area contributed by atoms with E-state index in [0.29, 0.717) is 45.2 Å². The molecule has 224 valence electrons. The van der Waals surface area contributed by atoms with E-state index in [-0.39, 0.29) is 23.5 Å². The number of hydrogen-bond donors (Lipinski definition) is 2. The number of carbonyl (C=O) groups excluding carboxylic acids is 3. The number of anilines is 1. The van der Waals surface area contributed by atoms with E-state index in [1.165, 1.54) is 27.4 Å². The van der Waals surface area contributed by atoms with Gasteiger partial charge in [0.2, 0.25) is 11.7 Å². The second-order valence-electron chi connectivity index (χ2n) is 9.87. The zero-order chi connectivity index (χ0) is 31.5. The third-order valence-corrected chi connectivity index (χ3v) is 8.54. The van der Waals surface area contributed by atoms with Gasteiger partial charge < -0.3 is 16.0 Å². The molecule has 3 heterocycles. The summed E-state index contributed by atoms with van der Waals surface area (Å²) in [6, 6.07) is 18.2. The Kier molecular flexibility index (Phi) is 8.46. The second-order valence-corrected chi connectivity index (χ2v) is 11.5. The van der Waals surface area contributed by atoms with Gasteiger partial charge in [0, 0.05) is 51.8 Å². The Morgan fingerprint density at radius 1 is 1.02 bits per heavy atom. The SMILES string of the molecule is NC(=O)c1nn(CC(=O)N2CCSC2C(=O)Nc2cccc(-c3ccccc3Cl)c2F)c2ccc(C#Cc3ncccn3)cc12. The van der Waals surface area contributed by atoms with Gasteiger partial charge in [-0.1, -0.05) is 47.9 Å². The number of carbonyl (C=O) groups is 3. The maximum absolute atomic E-state index is 15.5. The van der Waals surface area contributed by atoms with Crippen molar-refractivity contribution in [3.05, 3.63) is 107 Å². The van der Waals surface area contributed by atoms with Crippen LogP contribution in [0.25, 0.3) is 22.0 Å². The number of halogens is 2. The Morgan fingerprint density at radius 3 is 2.58 bits per heavy atom. The molecule has 13 heteroatoms. The number of aromatic nitrogens is 4. The van der Waals surface area contributed by atoms with Crippen molar-refractivity contribution in [3.63, 3.8) is 0 Å². The highest BCUT2D eigenvalue weighted by Crippen LogP contribution is 2.33. The monoisotopic (exact) mass is 639 g/mol. The molecule has 1 aliphatic heterocycles. The van der Waals surface area contributed by atoms with Crippen molar-refractivity contribution in [1.82, 2.24) is 24.6 Å². The van der Waals surface area contributed by atoms with Gasteiger partial charge in [0.15, 0.2) is 16.9 Å². The van der Waals surface area contributed by atoms with E-state index in [4.69, 9.17) is 17.3 Å².